The van der Waals surface area contributed by atoms with Crippen LogP contribution in [0.1, 0.15) is 68.0 Å². The molecule has 0 aliphatic carbocycles. The van der Waals surface area contributed by atoms with Gasteiger partial charge in [-0.05, 0) is 86.6 Å². The van der Waals surface area contributed by atoms with Crippen LogP contribution in [0.5, 0.6) is 0 Å². The third-order valence-corrected chi connectivity index (χ3v) is 8.83. The van der Waals surface area contributed by atoms with Crippen LogP contribution in [0, 0.1) is 5.41 Å². The fourth-order valence-corrected chi connectivity index (χ4v) is 5.82. The molecule has 0 radical (unpaired) electrons. The molecule has 4 rings (SSSR count). The molecule has 8 nitrogen and oxygen atoms in total. The molecule has 0 atom stereocenters. The molecule has 3 aromatic rings. The van der Waals surface area contributed by atoms with Gasteiger partial charge < -0.3 is 14.0 Å². The van der Waals surface area contributed by atoms with Gasteiger partial charge in [-0.2, -0.15) is 0 Å². The SMILES string of the molecule is CC(C)(C)OC(=O)C(C)(C)Cc1cc2cc(B3OC(C)(C)C(C)(C)O3)n(S(=O)(=O)c3ccccc3)c2cn1. The summed E-state index contributed by atoms with van der Waals surface area (Å²) in [6.07, 6.45) is 1.85. The second-order valence-corrected chi connectivity index (χ2v) is 14.3. The van der Waals surface area contributed by atoms with E-state index in [1.54, 1.807) is 36.4 Å². The minimum absolute atomic E-state index is 0.144. The highest BCUT2D eigenvalue weighted by atomic mass is 32.2. The minimum atomic E-state index is -4.00. The molecule has 0 unspecified atom stereocenters. The van der Waals surface area contributed by atoms with Gasteiger partial charge in [0.1, 0.15) is 5.60 Å². The molecule has 1 saturated heterocycles. The standard InChI is InChI=1S/C28H37BN2O6S/c1-25(2,3)35-24(32)26(4,5)17-20-15-19-16-23(29-36-27(6,7)28(8,9)37-29)31(22(19)18-30-20)38(33,34)21-13-11-10-12-14-21/h10-16,18H,17H2,1-9H3. The van der Waals surface area contributed by atoms with Crippen LogP contribution in [-0.2, 0) is 35.3 Å². The fourth-order valence-electron chi connectivity index (χ4n) is 4.28. The van der Waals surface area contributed by atoms with E-state index in [0.717, 1.165) is 0 Å². The Morgan fingerprint density at radius 3 is 2.13 bits per heavy atom. The lowest BCUT2D eigenvalue weighted by Gasteiger charge is -2.32. The molecule has 0 saturated carbocycles. The predicted octanol–water partition coefficient (Wildman–Crippen LogP) is 4.48. The summed E-state index contributed by atoms with van der Waals surface area (Å²) >= 11 is 0. The van der Waals surface area contributed by atoms with Crippen molar-refractivity contribution in [1.29, 1.82) is 0 Å². The van der Waals surface area contributed by atoms with Gasteiger partial charge in [0, 0.05) is 17.5 Å². The zero-order valence-corrected chi connectivity index (χ0v) is 24.5. The van der Waals surface area contributed by atoms with E-state index in [9.17, 15) is 13.2 Å². The molecule has 38 heavy (non-hydrogen) atoms. The number of esters is 1. The average Bonchev–Trinajstić information content (AvgIpc) is 3.26. The minimum Gasteiger partial charge on any atom is -0.460 e. The largest absolute Gasteiger partial charge is 0.513 e. The molecule has 0 amide bonds. The second-order valence-electron chi connectivity index (χ2n) is 12.5. The van der Waals surface area contributed by atoms with E-state index in [1.165, 1.54) is 10.2 Å². The van der Waals surface area contributed by atoms with Gasteiger partial charge in [0.05, 0.1) is 38.8 Å². The lowest BCUT2D eigenvalue weighted by molar-refractivity contribution is -0.165. The van der Waals surface area contributed by atoms with Crippen molar-refractivity contribution < 1.29 is 27.3 Å². The van der Waals surface area contributed by atoms with Crippen molar-refractivity contribution in [3.8, 4) is 0 Å². The van der Waals surface area contributed by atoms with Gasteiger partial charge in [0.2, 0.25) is 0 Å². The van der Waals surface area contributed by atoms with Gasteiger partial charge in [0.15, 0.2) is 0 Å². The Hall–Kier alpha value is -2.69. The van der Waals surface area contributed by atoms with E-state index in [0.29, 0.717) is 28.6 Å². The maximum atomic E-state index is 13.9. The Kier molecular flexibility index (Phi) is 6.86. The highest BCUT2D eigenvalue weighted by Crippen LogP contribution is 2.37. The maximum Gasteiger partial charge on any atom is 0.513 e. The van der Waals surface area contributed by atoms with Crippen molar-refractivity contribution in [3.05, 3.63) is 54.4 Å². The summed E-state index contributed by atoms with van der Waals surface area (Å²) in [6.45, 7) is 16.8. The quantitative estimate of drug-likeness (QED) is 0.336. The highest BCUT2D eigenvalue weighted by molar-refractivity contribution is 7.90. The van der Waals surface area contributed by atoms with Crippen LogP contribution in [-0.4, -0.2) is 47.3 Å². The maximum absolute atomic E-state index is 13.9. The van der Waals surface area contributed by atoms with Crippen LogP contribution in [0.25, 0.3) is 10.9 Å². The van der Waals surface area contributed by atoms with Crippen LogP contribution in [0.3, 0.4) is 0 Å². The third-order valence-electron chi connectivity index (χ3n) is 7.08. The number of benzene rings is 1. The molecule has 0 bridgehead atoms. The first kappa shape index (κ1) is 28.3. The predicted molar refractivity (Wildman–Crippen MR) is 148 cm³/mol. The van der Waals surface area contributed by atoms with Crippen molar-refractivity contribution in [1.82, 2.24) is 8.96 Å². The first-order valence-electron chi connectivity index (χ1n) is 12.7. The number of aromatic nitrogens is 2. The highest BCUT2D eigenvalue weighted by Gasteiger charge is 2.53. The van der Waals surface area contributed by atoms with Crippen LogP contribution in [0.4, 0.5) is 0 Å². The Bertz CT molecular complexity index is 1450. The molecular formula is C28H37BN2O6S. The van der Waals surface area contributed by atoms with Crippen LogP contribution in [0.15, 0.2) is 53.6 Å². The first-order chi connectivity index (χ1) is 17.3. The van der Waals surface area contributed by atoms with Crippen molar-refractivity contribution in [2.24, 2.45) is 5.41 Å². The number of hydrogen-bond acceptors (Lipinski definition) is 7. The molecule has 0 N–H and O–H groups in total. The topological polar surface area (TPSA) is 96.7 Å². The summed E-state index contributed by atoms with van der Waals surface area (Å²) in [6, 6.07) is 11.8. The molecule has 1 aliphatic rings. The van der Waals surface area contributed by atoms with Crippen LogP contribution < -0.4 is 5.59 Å². The lowest BCUT2D eigenvalue weighted by Crippen LogP contribution is -2.41. The molecule has 1 fully saturated rings. The number of pyridine rings is 1. The van der Waals surface area contributed by atoms with E-state index in [1.807, 2.05) is 68.4 Å². The number of carbonyl (C=O) groups is 1. The summed E-state index contributed by atoms with van der Waals surface area (Å²) in [5.41, 5.74) is -1.35. The molecule has 10 heteroatoms. The molecule has 3 heterocycles. The fraction of sp³-hybridized carbons (Fsp3) is 0.500. The Morgan fingerprint density at radius 1 is 1.00 bits per heavy atom. The summed E-state index contributed by atoms with van der Waals surface area (Å²) in [4.78, 5) is 17.5. The van der Waals surface area contributed by atoms with Gasteiger partial charge in [-0.25, -0.2) is 12.4 Å². The number of nitrogens with zero attached hydrogens (tertiary/aromatic N) is 2. The smallest absolute Gasteiger partial charge is 0.460 e. The number of ether oxygens (including phenoxy) is 1. The van der Waals surface area contributed by atoms with Crippen LogP contribution in [0.2, 0.25) is 0 Å². The monoisotopic (exact) mass is 540 g/mol. The molecule has 204 valence electrons. The van der Waals surface area contributed by atoms with Gasteiger partial charge in [-0.3, -0.25) is 9.78 Å². The van der Waals surface area contributed by atoms with Gasteiger partial charge in [0.25, 0.3) is 10.0 Å². The Morgan fingerprint density at radius 2 is 1.58 bits per heavy atom. The van der Waals surface area contributed by atoms with Gasteiger partial charge in [-0.15, -0.1) is 0 Å². The average molecular weight is 540 g/mol. The van der Waals surface area contributed by atoms with E-state index < -0.39 is 39.4 Å². The molecule has 0 spiro atoms. The van der Waals surface area contributed by atoms with Crippen molar-refractivity contribution in [2.75, 3.05) is 0 Å². The Balaban J connectivity index is 1.82. The number of hydrogen-bond donors (Lipinski definition) is 0. The first-order valence-corrected chi connectivity index (χ1v) is 14.2. The summed E-state index contributed by atoms with van der Waals surface area (Å²) in [5, 5.41) is 0.652. The van der Waals surface area contributed by atoms with E-state index in [2.05, 4.69) is 4.98 Å². The molecular weight excluding hydrogens is 503 g/mol. The molecule has 2 aromatic heterocycles. The summed E-state index contributed by atoms with van der Waals surface area (Å²) < 4.78 is 47.2. The zero-order chi connectivity index (χ0) is 28.3. The van der Waals surface area contributed by atoms with Crippen molar-refractivity contribution in [2.45, 2.75) is 90.4 Å². The van der Waals surface area contributed by atoms with Crippen molar-refractivity contribution in [3.63, 3.8) is 0 Å². The summed E-state index contributed by atoms with van der Waals surface area (Å²) in [5.74, 6) is -0.325. The van der Waals surface area contributed by atoms with Gasteiger partial charge >= 0.3 is 13.1 Å². The number of carbonyl (C=O) groups excluding carboxylic acids is 1. The molecule has 1 aliphatic heterocycles. The van der Waals surface area contributed by atoms with E-state index in [4.69, 9.17) is 14.0 Å². The third kappa shape index (κ3) is 5.26. The van der Waals surface area contributed by atoms with Crippen LogP contribution >= 0.6 is 0 Å². The Labute approximate surface area is 225 Å². The normalized spacial score (nSPS) is 17.7. The zero-order valence-electron chi connectivity index (χ0n) is 23.7. The van der Waals surface area contributed by atoms with E-state index >= 15 is 0 Å². The van der Waals surface area contributed by atoms with Crippen molar-refractivity contribution >= 4 is 39.6 Å². The number of fused-ring (bicyclic) bond motifs is 1. The van der Waals surface area contributed by atoms with E-state index in [-0.39, 0.29) is 10.9 Å². The molecule has 1 aromatic carbocycles. The van der Waals surface area contributed by atoms with Gasteiger partial charge in [-0.1, -0.05) is 18.2 Å². The lowest BCUT2D eigenvalue weighted by atomic mass is 9.85. The summed E-state index contributed by atoms with van der Waals surface area (Å²) in [7, 11) is -4.91. The number of rotatable bonds is 6. The second kappa shape index (κ2) is 9.21.